The van der Waals surface area contributed by atoms with Crippen molar-refractivity contribution in [2.45, 2.75) is 33.2 Å². The van der Waals surface area contributed by atoms with Crippen LogP contribution >= 0.6 is 27.5 Å². The van der Waals surface area contributed by atoms with Crippen molar-refractivity contribution < 1.29 is 4.79 Å². The van der Waals surface area contributed by atoms with Crippen molar-refractivity contribution in [3.05, 3.63) is 80.5 Å². The zero-order valence-corrected chi connectivity index (χ0v) is 17.8. The Hall–Kier alpha value is -2.04. The Balaban J connectivity index is 2.22. The predicted molar refractivity (Wildman–Crippen MR) is 115 cm³/mol. The molecule has 2 N–H and O–H groups in total. The molecule has 1 aromatic heterocycles. The van der Waals surface area contributed by atoms with Gasteiger partial charge < -0.3 is 10.3 Å². The Morgan fingerprint density at radius 2 is 1.89 bits per heavy atom. The molecule has 0 aliphatic heterocycles. The van der Waals surface area contributed by atoms with Gasteiger partial charge in [0, 0.05) is 33.0 Å². The highest BCUT2D eigenvalue weighted by atomic mass is 79.9. The predicted octanol–water partition coefficient (Wildman–Crippen LogP) is 5.98. The van der Waals surface area contributed by atoms with E-state index in [0.29, 0.717) is 17.1 Å². The zero-order chi connectivity index (χ0) is 19.6. The molecule has 0 aliphatic rings. The standard InChI is InChI=1S/C22H22BrClN2O/c1-3-5-19-21(16-8-10-17(23)11-9-16)20(22(25)27)14(2)26(19)13-15-6-4-7-18(24)12-15/h4,6-12H,3,5,13H2,1-2H3,(H2,25,27). The van der Waals surface area contributed by atoms with Crippen LogP contribution in [0.15, 0.2) is 53.0 Å². The molecule has 0 radical (unpaired) electrons. The summed E-state index contributed by atoms with van der Waals surface area (Å²) in [6.45, 7) is 4.76. The van der Waals surface area contributed by atoms with Crippen LogP contribution in [0.25, 0.3) is 11.1 Å². The Bertz CT molecular complexity index is 977. The molecular weight excluding hydrogens is 424 g/mol. The maximum Gasteiger partial charge on any atom is 0.251 e. The number of carbonyl (C=O) groups is 1. The molecule has 0 atom stereocenters. The van der Waals surface area contributed by atoms with Crippen LogP contribution in [0.1, 0.15) is 40.7 Å². The van der Waals surface area contributed by atoms with Gasteiger partial charge in [-0.2, -0.15) is 0 Å². The zero-order valence-electron chi connectivity index (χ0n) is 15.4. The Morgan fingerprint density at radius 1 is 1.19 bits per heavy atom. The second-order valence-corrected chi connectivity index (χ2v) is 7.97. The molecule has 0 bridgehead atoms. The van der Waals surface area contributed by atoms with Crippen LogP contribution in [0, 0.1) is 6.92 Å². The average molecular weight is 446 g/mol. The van der Waals surface area contributed by atoms with Crippen molar-refractivity contribution in [2.75, 3.05) is 0 Å². The molecule has 0 saturated carbocycles. The van der Waals surface area contributed by atoms with E-state index in [4.69, 9.17) is 17.3 Å². The molecule has 0 saturated heterocycles. The van der Waals surface area contributed by atoms with Gasteiger partial charge in [0.1, 0.15) is 0 Å². The van der Waals surface area contributed by atoms with Crippen LogP contribution in [-0.2, 0) is 13.0 Å². The minimum Gasteiger partial charge on any atom is -0.366 e. The number of amides is 1. The molecule has 140 valence electrons. The van der Waals surface area contributed by atoms with Crippen LogP contribution in [0.2, 0.25) is 5.02 Å². The van der Waals surface area contributed by atoms with E-state index in [1.807, 2.05) is 55.5 Å². The van der Waals surface area contributed by atoms with Gasteiger partial charge in [-0.1, -0.05) is 65.1 Å². The Morgan fingerprint density at radius 3 is 2.48 bits per heavy atom. The summed E-state index contributed by atoms with van der Waals surface area (Å²) in [4.78, 5) is 12.3. The number of hydrogen-bond acceptors (Lipinski definition) is 1. The molecular formula is C22H22BrClN2O. The second kappa shape index (κ2) is 8.32. The number of benzene rings is 2. The Kier molecular flexibility index (Phi) is 6.08. The molecule has 1 heterocycles. The average Bonchev–Trinajstić information content (AvgIpc) is 2.89. The van der Waals surface area contributed by atoms with E-state index in [-0.39, 0.29) is 0 Å². The van der Waals surface area contributed by atoms with Crippen LogP contribution in [0.5, 0.6) is 0 Å². The number of aromatic nitrogens is 1. The van der Waals surface area contributed by atoms with E-state index in [1.165, 1.54) is 0 Å². The van der Waals surface area contributed by atoms with Crippen LogP contribution in [0.4, 0.5) is 0 Å². The van der Waals surface area contributed by atoms with Crippen molar-refractivity contribution in [3.63, 3.8) is 0 Å². The lowest BCUT2D eigenvalue weighted by Crippen LogP contribution is -2.13. The normalized spacial score (nSPS) is 11.0. The molecule has 3 aromatic rings. The summed E-state index contributed by atoms with van der Waals surface area (Å²) in [5.74, 6) is -0.396. The van der Waals surface area contributed by atoms with Crippen LogP contribution in [0.3, 0.4) is 0 Å². The first-order valence-electron chi connectivity index (χ1n) is 8.94. The molecule has 0 spiro atoms. The van der Waals surface area contributed by atoms with Gasteiger partial charge in [-0.3, -0.25) is 4.79 Å². The smallest absolute Gasteiger partial charge is 0.251 e. The first kappa shape index (κ1) is 19.7. The van der Waals surface area contributed by atoms with E-state index < -0.39 is 5.91 Å². The van der Waals surface area contributed by atoms with Crippen molar-refractivity contribution in [1.82, 2.24) is 4.57 Å². The number of hydrogen-bond donors (Lipinski definition) is 1. The van der Waals surface area contributed by atoms with Crippen molar-refractivity contribution in [2.24, 2.45) is 5.73 Å². The quantitative estimate of drug-likeness (QED) is 0.498. The highest BCUT2D eigenvalue weighted by molar-refractivity contribution is 9.10. The summed E-state index contributed by atoms with van der Waals surface area (Å²) in [5.41, 5.74) is 11.5. The lowest BCUT2D eigenvalue weighted by atomic mass is 9.98. The van der Waals surface area contributed by atoms with E-state index in [1.54, 1.807) is 0 Å². The van der Waals surface area contributed by atoms with Gasteiger partial charge in [0.25, 0.3) is 5.91 Å². The van der Waals surface area contributed by atoms with E-state index in [0.717, 1.165) is 45.4 Å². The number of primary amides is 1. The maximum absolute atomic E-state index is 12.3. The number of nitrogens with zero attached hydrogens (tertiary/aromatic N) is 1. The third-order valence-electron chi connectivity index (χ3n) is 4.73. The summed E-state index contributed by atoms with van der Waals surface area (Å²) in [7, 11) is 0. The minimum absolute atomic E-state index is 0.396. The molecule has 3 rings (SSSR count). The maximum atomic E-state index is 12.3. The first-order chi connectivity index (χ1) is 12.9. The number of rotatable bonds is 6. The molecule has 2 aromatic carbocycles. The molecule has 0 unspecified atom stereocenters. The van der Waals surface area contributed by atoms with Gasteiger partial charge in [-0.15, -0.1) is 0 Å². The molecule has 1 amide bonds. The monoisotopic (exact) mass is 444 g/mol. The van der Waals surface area contributed by atoms with E-state index >= 15 is 0 Å². The van der Waals surface area contributed by atoms with Crippen molar-refractivity contribution >= 4 is 33.4 Å². The minimum atomic E-state index is -0.396. The van der Waals surface area contributed by atoms with Gasteiger partial charge in [-0.25, -0.2) is 0 Å². The third-order valence-corrected chi connectivity index (χ3v) is 5.49. The van der Waals surface area contributed by atoms with E-state index in [2.05, 4.69) is 27.4 Å². The van der Waals surface area contributed by atoms with Gasteiger partial charge in [0.2, 0.25) is 0 Å². The lowest BCUT2D eigenvalue weighted by molar-refractivity contribution is 0.1000. The van der Waals surface area contributed by atoms with E-state index in [9.17, 15) is 4.79 Å². The fraction of sp³-hybridized carbons (Fsp3) is 0.227. The fourth-order valence-corrected chi connectivity index (χ4v) is 4.03. The molecule has 27 heavy (non-hydrogen) atoms. The summed E-state index contributed by atoms with van der Waals surface area (Å²) < 4.78 is 3.20. The summed E-state index contributed by atoms with van der Waals surface area (Å²) >= 11 is 9.64. The van der Waals surface area contributed by atoms with Crippen LogP contribution in [-0.4, -0.2) is 10.5 Å². The molecule has 0 aliphatic carbocycles. The molecule has 5 heteroatoms. The fourth-order valence-electron chi connectivity index (χ4n) is 3.56. The number of nitrogens with two attached hydrogens (primary N) is 1. The Labute approximate surface area is 173 Å². The van der Waals surface area contributed by atoms with Gasteiger partial charge in [-0.05, 0) is 48.7 Å². The lowest BCUT2D eigenvalue weighted by Gasteiger charge is -2.13. The molecule has 0 fully saturated rings. The first-order valence-corrected chi connectivity index (χ1v) is 10.1. The van der Waals surface area contributed by atoms with Gasteiger partial charge in [0.05, 0.1) is 5.56 Å². The van der Waals surface area contributed by atoms with Gasteiger partial charge in [0.15, 0.2) is 0 Å². The topological polar surface area (TPSA) is 48.0 Å². The summed E-state index contributed by atoms with van der Waals surface area (Å²) in [6, 6.07) is 15.8. The van der Waals surface area contributed by atoms with Crippen molar-refractivity contribution in [3.8, 4) is 11.1 Å². The van der Waals surface area contributed by atoms with Crippen LogP contribution < -0.4 is 5.73 Å². The SMILES string of the molecule is CCCc1c(-c2ccc(Br)cc2)c(C(N)=O)c(C)n1Cc1cccc(Cl)c1. The summed E-state index contributed by atoms with van der Waals surface area (Å²) in [6.07, 6.45) is 1.83. The highest BCUT2D eigenvalue weighted by Gasteiger charge is 2.24. The third kappa shape index (κ3) is 4.12. The summed E-state index contributed by atoms with van der Waals surface area (Å²) in [5, 5.41) is 0.706. The molecule has 3 nitrogen and oxygen atoms in total. The highest BCUT2D eigenvalue weighted by Crippen LogP contribution is 2.35. The number of halogens is 2. The largest absolute Gasteiger partial charge is 0.366 e. The number of carbonyl (C=O) groups excluding carboxylic acids is 1. The van der Waals surface area contributed by atoms with Gasteiger partial charge >= 0.3 is 0 Å². The second-order valence-electron chi connectivity index (χ2n) is 6.62. The van der Waals surface area contributed by atoms with Crippen molar-refractivity contribution in [1.29, 1.82) is 0 Å².